The van der Waals surface area contributed by atoms with Crippen LogP contribution in [0.5, 0.6) is 5.75 Å². The van der Waals surface area contributed by atoms with Crippen molar-refractivity contribution in [2.45, 2.75) is 93.4 Å². The Labute approximate surface area is 360 Å². The molecule has 1 aliphatic carbocycles. The van der Waals surface area contributed by atoms with Crippen molar-refractivity contribution in [1.29, 1.82) is 0 Å². The Hall–Kier alpha value is -4.97. The molecule has 2 saturated heterocycles. The van der Waals surface area contributed by atoms with Crippen LogP contribution in [0.4, 0.5) is 14.5 Å². The Morgan fingerprint density at radius 3 is 2.47 bits per heavy atom. The maximum atomic E-state index is 15.4. The molecule has 3 aromatic rings. The van der Waals surface area contributed by atoms with Gasteiger partial charge in [0.25, 0.3) is 0 Å². The first-order valence-corrected chi connectivity index (χ1v) is 21.7. The van der Waals surface area contributed by atoms with Gasteiger partial charge in [-0.1, -0.05) is 25.0 Å². The van der Waals surface area contributed by atoms with E-state index >= 15 is 13.6 Å². The SMILES string of the molecule is C#Cc1ccc2[nH]c3c(c2c1)CCN1C[C@@H](C[C@@H](C(C)(F)F)C1)C[C@]3(C(=O)OC)c1cc2c(cc1OC)N(C)[C@H]1[C@@](O)(C(=O)OC)[C@H](OC(C)=O)[C@]3(CC)C=CCN4CC[C@]21[C@@H]43. The van der Waals surface area contributed by atoms with Crippen LogP contribution in [-0.2, 0) is 45.8 Å². The van der Waals surface area contributed by atoms with Gasteiger partial charge in [-0.25, -0.2) is 13.6 Å². The minimum Gasteiger partial charge on any atom is -0.496 e. The average Bonchev–Trinajstić information content (AvgIpc) is 3.91. The van der Waals surface area contributed by atoms with E-state index in [1.54, 1.807) is 0 Å². The zero-order valence-corrected chi connectivity index (χ0v) is 36.5. The van der Waals surface area contributed by atoms with Crippen molar-refractivity contribution in [3.63, 3.8) is 0 Å². The molecular weight excluding hydrogens is 799 g/mol. The summed E-state index contributed by atoms with van der Waals surface area (Å²) in [5.41, 5.74) is -1.27. The molecule has 2 N–H and O–H groups in total. The van der Waals surface area contributed by atoms with E-state index in [0.717, 1.165) is 29.0 Å². The number of terminal acetylenes is 1. The fourth-order valence-corrected chi connectivity index (χ4v) is 13.6. The molecule has 6 heterocycles. The van der Waals surface area contributed by atoms with Crippen LogP contribution in [-0.4, -0.2) is 129 Å². The number of aromatic nitrogens is 1. The zero-order chi connectivity index (χ0) is 44.3. The smallest absolute Gasteiger partial charge is 0.344 e. The number of halogens is 2. The number of aliphatic hydroxyl groups is 1. The van der Waals surface area contributed by atoms with Gasteiger partial charge in [0.05, 0.1) is 27.4 Å². The second kappa shape index (κ2) is 14.5. The topological polar surface area (TPSA) is 134 Å². The molecule has 1 saturated carbocycles. The van der Waals surface area contributed by atoms with Crippen molar-refractivity contribution in [2.24, 2.45) is 17.3 Å². The number of H-pyrrole nitrogens is 1. The third kappa shape index (κ3) is 5.56. The first-order chi connectivity index (χ1) is 29.5. The van der Waals surface area contributed by atoms with Crippen molar-refractivity contribution in [3.05, 3.63) is 70.4 Å². The highest BCUT2D eigenvalue weighted by Crippen LogP contribution is 2.68. The molecule has 10 atom stereocenters. The third-order valence-electron chi connectivity index (χ3n) is 15.8. The number of hydrogen-bond acceptors (Lipinski definition) is 11. The number of likely N-dealkylation sites (N-methyl/N-ethyl adjacent to an activating group) is 1. The minimum absolute atomic E-state index is 0.115. The van der Waals surface area contributed by atoms with Crippen LogP contribution in [0.3, 0.4) is 0 Å². The second-order valence-corrected chi connectivity index (χ2v) is 18.7. The number of anilines is 1. The number of ether oxygens (including phenoxy) is 4. The monoisotopic (exact) mass is 854 g/mol. The van der Waals surface area contributed by atoms with Gasteiger partial charge in [0.2, 0.25) is 11.5 Å². The highest BCUT2D eigenvalue weighted by atomic mass is 19.3. The number of hydrogen-bond donors (Lipinski definition) is 2. The number of carbonyl (C=O) groups excluding carboxylic acids is 3. The van der Waals surface area contributed by atoms with E-state index < -0.39 is 63.7 Å². The number of methoxy groups -OCH3 is 3. The van der Waals surface area contributed by atoms with Gasteiger partial charge < -0.3 is 38.8 Å². The number of esters is 3. The Morgan fingerprint density at radius 2 is 1.81 bits per heavy atom. The lowest BCUT2D eigenvalue weighted by Gasteiger charge is -2.63. The summed E-state index contributed by atoms with van der Waals surface area (Å²) in [6.07, 6.45) is 10.3. The summed E-state index contributed by atoms with van der Waals surface area (Å²) >= 11 is 0. The van der Waals surface area contributed by atoms with E-state index in [0.29, 0.717) is 73.7 Å². The molecule has 9 rings (SSSR count). The third-order valence-corrected chi connectivity index (χ3v) is 15.8. The fourth-order valence-electron chi connectivity index (χ4n) is 13.6. The summed E-state index contributed by atoms with van der Waals surface area (Å²) in [7, 11) is 5.91. The maximum absolute atomic E-state index is 15.4. The lowest BCUT2D eigenvalue weighted by molar-refractivity contribution is -0.228. The van der Waals surface area contributed by atoms with E-state index in [-0.39, 0.29) is 31.3 Å². The number of nitrogens with one attached hydrogen (secondary N) is 1. The van der Waals surface area contributed by atoms with Crippen LogP contribution in [0.1, 0.15) is 74.4 Å². The molecule has 0 radical (unpaired) electrons. The standard InChI is InChI=1S/C48H56F2N4O8/c1-9-28-12-13-35-32(21-28)31-14-18-53-25-29(20-30(26-53)44(4,49)50)24-47(38(31)51-35,42(56)60-7)34-22-33-36(23-37(34)59-6)52(5)40-46(33)16-19-54-17-11-15-45(10-2,39(46)54)41(62-27(3)55)48(40,58)43(57)61-8/h1,11-13,15,21-23,29-30,39-41,51,58H,10,14,16-20,24-26H2,2-8H3/t29-,30+,39-,40+,41+,45+,46+,47-,48-/m0/s1. The fraction of sp³-hybridized carbons (Fsp3) is 0.562. The molecular formula is C48H56F2N4O8. The van der Waals surface area contributed by atoms with Gasteiger partial charge >= 0.3 is 17.9 Å². The molecule has 1 unspecified atom stereocenters. The number of piperidine rings is 1. The lowest BCUT2D eigenvalue weighted by Crippen LogP contribution is -2.81. The first-order valence-electron chi connectivity index (χ1n) is 21.7. The van der Waals surface area contributed by atoms with Gasteiger partial charge in [-0.15, -0.1) is 6.42 Å². The van der Waals surface area contributed by atoms with Crippen LogP contribution in [0, 0.1) is 29.6 Å². The summed E-state index contributed by atoms with van der Waals surface area (Å²) in [5.74, 6) is -3.34. The quantitative estimate of drug-likeness (QED) is 0.142. The summed E-state index contributed by atoms with van der Waals surface area (Å²) < 4.78 is 54.6. The highest BCUT2D eigenvalue weighted by Gasteiger charge is 2.80. The summed E-state index contributed by atoms with van der Waals surface area (Å²) in [4.78, 5) is 52.8. The molecule has 0 amide bonds. The predicted octanol–water partition coefficient (Wildman–Crippen LogP) is 5.10. The highest BCUT2D eigenvalue weighted by molar-refractivity contribution is 5.95. The van der Waals surface area contributed by atoms with Crippen molar-refractivity contribution < 1.29 is 47.2 Å². The molecule has 62 heavy (non-hydrogen) atoms. The molecule has 1 aromatic heterocycles. The van der Waals surface area contributed by atoms with Gasteiger partial charge in [0.1, 0.15) is 11.2 Å². The zero-order valence-electron chi connectivity index (χ0n) is 36.5. The molecule has 330 valence electrons. The van der Waals surface area contributed by atoms with Gasteiger partial charge in [-0.2, -0.15) is 0 Å². The van der Waals surface area contributed by atoms with Gasteiger partial charge in [0.15, 0.2) is 6.10 Å². The number of benzene rings is 2. The Kier molecular flexibility index (Phi) is 9.93. The Morgan fingerprint density at radius 1 is 1.05 bits per heavy atom. The van der Waals surface area contributed by atoms with Gasteiger partial charge in [0, 0.05) is 102 Å². The van der Waals surface area contributed by atoms with E-state index in [2.05, 4.69) is 20.7 Å². The predicted molar refractivity (Wildman–Crippen MR) is 227 cm³/mol. The van der Waals surface area contributed by atoms with Gasteiger partial charge in [-0.05, 0) is 86.9 Å². The van der Waals surface area contributed by atoms with Crippen LogP contribution < -0.4 is 9.64 Å². The van der Waals surface area contributed by atoms with Crippen molar-refractivity contribution in [3.8, 4) is 18.1 Å². The van der Waals surface area contributed by atoms with E-state index in [1.165, 1.54) is 28.3 Å². The van der Waals surface area contributed by atoms with Gasteiger partial charge in [-0.3, -0.25) is 14.5 Å². The van der Waals surface area contributed by atoms with Crippen molar-refractivity contribution >= 4 is 34.5 Å². The summed E-state index contributed by atoms with van der Waals surface area (Å²) in [6.45, 7) is 6.62. The first kappa shape index (κ1) is 42.3. The summed E-state index contributed by atoms with van der Waals surface area (Å²) in [6, 6.07) is 8.15. The number of nitrogens with zero attached hydrogens (tertiary/aromatic N) is 3. The van der Waals surface area contributed by atoms with E-state index in [1.807, 2.05) is 61.4 Å². The Bertz CT molecular complexity index is 2440. The molecule has 2 aromatic carbocycles. The largest absolute Gasteiger partial charge is 0.496 e. The maximum Gasteiger partial charge on any atom is 0.344 e. The van der Waals surface area contributed by atoms with E-state index in [4.69, 9.17) is 25.4 Å². The molecule has 12 nitrogen and oxygen atoms in total. The number of carbonyl (C=O) groups is 3. The van der Waals surface area contributed by atoms with Crippen LogP contribution in [0.15, 0.2) is 42.5 Å². The van der Waals surface area contributed by atoms with Crippen molar-refractivity contribution in [2.75, 3.05) is 66.0 Å². The average molecular weight is 855 g/mol. The minimum atomic E-state index is -2.96. The number of rotatable bonds is 7. The van der Waals surface area contributed by atoms with Crippen LogP contribution in [0.25, 0.3) is 10.9 Å². The molecule has 6 aliphatic rings. The number of alkyl halides is 2. The second-order valence-electron chi connectivity index (χ2n) is 18.7. The summed E-state index contributed by atoms with van der Waals surface area (Å²) in [5, 5.41) is 14.2. The molecule has 14 heteroatoms. The molecule has 2 bridgehead atoms. The molecule has 1 spiro atoms. The molecule has 5 aliphatic heterocycles. The van der Waals surface area contributed by atoms with Crippen molar-refractivity contribution in [1.82, 2.24) is 14.8 Å². The number of fused-ring (bicyclic) bond motifs is 6. The number of aromatic amines is 1. The molecule has 3 fully saturated rings. The Balaban J connectivity index is 1.37. The van der Waals surface area contributed by atoms with E-state index in [9.17, 15) is 14.7 Å². The van der Waals surface area contributed by atoms with Crippen LogP contribution in [0.2, 0.25) is 0 Å². The lowest BCUT2D eigenvalue weighted by atomic mass is 9.47. The van der Waals surface area contributed by atoms with Crippen LogP contribution >= 0.6 is 0 Å². The normalized spacial score (nSPS) is 34.7.